The summed E-state index contributed by atoms with van der Waals surface area (Å²) in [5, 5.41) is 3.18. The second-order valence-corrected chi connectivity index (χ2v) is 2.71. The third-order valence-corrected chi connectivity index (χ3v) is 1.62. The van der Waals surface area contributed by atoms with Crippen molar-refractivity contribution in [1.82, 2.24) is 5.32 Å². The predicted molar refractivity (Wildman–Crippen MR) is 39.8 cm³/mol. The average Bonchev–Trinajstić information content (AvgIpc) is 1.90. The number of nitrogens with one attached hydrogen (secondary N) is 1. The Balaban J connectivity index is 2.46. The normalized spacial score (nSPS) is 20.1. The predicted octanol–water partition coefficient (Wildman–Crippen LogP) is 1.03. The highest BCUT2D eigenvalue weighted by Crippen LogP contribution is 2.03. The lowest BCUT2D eigenvalue weighted by Crippen LogP contribution is -2.27. The molecule has 0 saturated heterocycles. The van der Waals surface area contributed by atoms with Gasteiger partial charge in [-0.3, -0.25) is 10.3 Å². The highest BCUT2D eigenvalue weighted by molar-refractivity contribution is 5.86. The van der Waals surface area contributed by atoms with Crippen LogP contribution in [0.3, 0.4) is 0 Å². The Hall–Kier alpha value is -0.370. The number of nitrogens with zero attached hydrogens (tertiary/aromatic N) is 1. The van der Waals surface area contributed by atoms with Crippen molar-refractivity contribution in [1.29, 1.82) is 0 Å². The van der Waals surface area contributed by atoms with E-state index in [-0.39, 0.29) is 0 Å². The molecule has 1 aliphatic heterocycles. The van der Waals surface area contributed by atoms with Crippen molar-refractivity contribution in [2.75, 3.05) is 13.2 Å². The first-order chi connectivity index (χ1) is 4.30. The van der Waals surface area contributed by atoms with E-state index in [1.54, 1.807) is 0 Å². The molecule has 0 aromatic heterocycles. The number of hydrogen-bond donors (Lipinski definition) is 1. The van der Waals surface area contributed by atoms with Crippen LogP contribution < -0.4 is 5.32 Å². The molecule has 0 atom stereocenters. The van der Waals surface area contributed by atoms with Gasteiger partial charge >= 0.3 is 0 Å². The summed E-state index contributed by atoms with van der Waals surface area (Å²) < 4.78 is 0. The molecular weight excluding hydrogens is 112 g/mol. The lowest BCUT2D eigenvalue weighted by Gasteiger charge is -2.15. The maximum Gasteiger partial charge on any atom is 0.0884 e. The largest absolute Gasteiger partial charge is 0.298 e. The van der Waals surface area contributed by atoms with Crippen molar-refractivity contribution in [3.05, 3.63) is 0 Å². The lowest BCUT2D eigenvalue weighted by molar-refractivity contribution is 0.662. The van der Waals surface area contributed by atoms with Gasteiger partial charge in [0.15, 0.2) is 0 Å². The number of aliphatic imine (C=N–C) groups is 1. The lowest BCUT2D eigenvalue weighted by atomic mass is 10.0. The molecule has 0 aliphatic carbocycles. The van der Waals surface area contributed by atoms with Gasteiger partial charge in [0, 0.05) is 12.3 Å². The topological polar surface area (TPSA) is 24.4 Å². The first kappa shape index (κ1) is 6.75. The van der Waals surface area contributed by atoms with Gasteiger partial charge < -0.3 is 0 Å². The molecule has 0 aromatic carbocycles. The summed E-state index contributed by atoms with van der Waals surface area (Å²) in [7, 11) is 0. The van der Waals surface area contributed by atoms with Crippen LogP contribution in [-0.4, -0.2) is 18.9 Å². The molecule has 0 aromatic rings. The zero-order chi connectivity index (χ0) is 6.69. The minimum Gasteiger partial charge on any atom is -0.298 e. The summed E-state index contributed by atoms with van der Waals surface area (Å²) >= 11 is 0. The fraction of sp³-hybridized carbons (Fsp3) is 0.857. The summed E-state index contributed by atoms with van der Waals surface area (Å²) in [5.41, 5.74) is 1.37. The van der Waals surface area contributed by atoms with Crippen LogP contribution in [0.1, 0.15) is 20.3 Å². The molecular formula is C7H14N2. The van der Waals surface area contributed by atoms with Crippen LogP contribution >= 0.6 is 0 Å². The molecule has 9 heavy (non-hydrogen) atoms. The SMILES string of the molecule is CC(C)C1=NCNCC1. The van der Waals surface area contributed by atoms with Gasteiger partial charge in [-0.25, -0.2) is 0 Å². The van der Waals surface area contributed by atoms with Gasteiger partial charge in [-0.05, 0) is 12.3 Å². The second-order valence-electron chi connectivity index (χ2n) is 2.71. The summed E-state index contributed by atoms with van der Waals surface area (Å²) in [6.45, 7) is 6.33. The van der Waals surface area contributed by atoms with Gasteiger partial charge in [0.25, 0.3) is 0 Å². The summed E-state index contributed by atoms with van der Waals surface area (Å²) in [6, 6.07) is 0. The van der Waals surface area contributed by atoms with Crippen molar-refractivity contribution >= 4 is 5.71 Å². The highest BCUT2D eigenvalue weighted by Gasteiger charge is 2.06. The monoisotopic (exact) mass is 126 g/mol. The number of hydrogen-bond acceptors (Lipinski definition) is 2. The summed E-state index contributed by atoms with van der Waals surface area (Å²) in [5.74, 6) is 0.645. The molecule has 52 valence electrons. The molecule has 1 heterocycles. The average molecular weight is 126 g/mol. The van der Waals surface area contributed by atoms with E-state index in [1.807, 2.05) is 0 Å². The van der Waals surface area contributed by atoms with Crippen LogP contribution in [0.15, 0.2) is 4.99 Å². The third kappa shape index (κ3) is 1.79. The molecule has 0 saturated carbocycles. The van der Waals surface area contributed by atoms with Crippen molar-refractivity contribution in [2.24, 2.45) is 10.9 Å². The Bertz CT molecular complexity index is 116. The van der Waals surface area contributed by atoms with Crippen molar-refractivity contribution in [2.45, 2.75) is 20.3 Å². The Labute approximate surface area is 56.4 Å². The molecule has 1 aliphatic rings. The molecule has 0 spiro atoms. The van der Waals surface area contributed by atoms with Gasteiger partial charge in [0.2, 0.25) is 0 Å². The molecule has 1 N–H and O–H groups in total. The van der Waals surface area contributed by atoms with E-state index in [2.05, 4.69) is 24.2 Å². The van der Waals surface area contributed by atoms with E-state index in [9.17, 15) is 0 Å². The zero-order valence-electron chi connectivity index (χ0n) is 6.15. The Morgan fingerprint density at radius 3 is 2.67 bits per heavy atom. The quantitative estimate of drug-likeness (QED) is 0.557. The third-order valence-electron chi connectivity index (χ3n) is 1.62. The Morgan fingerprint density at radius 1 is 1.56 bits per heavy atom. The highest BCUT2D eigenvalue weighted by atomic mass is 15.0. The van der Waals surface area contributed by atoms with Gasteiger partial charge in [-0.15, -0.1) is 0 Å². The molecule has 0 unspecified atom stereocenters. The van der Waals surface area contributed by atoms with Gasteiger partial charge in [0.1, 0.15) is 0 Å². The molecule has 0 bridgehead atoms. The van der Waals surface area contributed by atoms with Gasteiger partial charge in [0.05, 0.1) is 6.67 Å². The second kappa shape index (κ2) is 2.97. The smallest absolute Gasteiger partial charge is 0.0884 e. The van der Waals surface area contributed by atoms with Crippen LogP contribution in [0.25, 0.3) is 0 Å². The maximum absolute atomic E-state index is 4.33. The van der Waals surface area contributed by atoms with Crippen LogP contribution in [0.2, 0.25) is 0 Å². The molecule has 0 amide bonds. The molecule has 0 radical (unpaired) electrons. The van der Waals surface area contributed by atoms with E-state index in [4.69, 9.17) is 0 Å². The molecule has 2 heteroatoms. The number of rotatable bonds is 1. The first-order valence-corrected chi connectivity index (χ1v) is 3.54. The maximum atomic E-state index is 4.33. The van der Waals surface area contributed by atoms with Crippen molar-refractivity contribution in [3.63, 3.8) is 0 Å². The van der Waals surface area contributed by atoms with Gasteiger partial charge in [-0.2, -0.15) is 0 Å². The Morgan fingerprint density at radius 2 is 2.33 bits per heavy atom. The van der Waals surface area contributed by atoms with Crippen molar-refractivity contribution in [3.8, 4) is 0 Å². The molecule has 2 nitrogen and oxygen atoms in total. The molecule has 1 rings (SSSR count). The standard InChI is InChI=1S/C7H14N2/c1-6(2)7-3-4-8-5-9-7/h6,8H,3-5H2,1-2H3. The minimum absolute atomic E-state index is 0.645. The van der Waals surface area contributed by atoms with E-state index in [1.165, 1.54) is 5.71 Å². The van der Waals surface area contributed by atoms with E-state index >= 15 is 0 Å². The fourth-order valence-electron chi connectivity index (χ4n) is 1.00. The van der Waals surface area contributed by atoms with Crippen LogP contribution in [0.5, 0.6) is 0 Å². The Kier molecular flexibility index (Phi) is 2.22. The first-order valence-electron chi connectivity index (χ1n) is 3.54. The minimum atomic E-state index is 0.645. The summed E-state index contributed by atoms with van der Waals surface area (Å²) in [4.78, 5) is 4.33. The zero-order valence-corrected chi connectivity index (χ0v) is 6.15. The van der Waals surface area contributed by atoms with E-state index in [0.717, 1.165) is 19.6 Å². The van der Waals surface area contributed by atoms with Gasteiger partial charge in [-0.1, -0.05) is 13.8 Å². The van der Waals surface area contributed by atoms with Crippen LogP contribution in [-0.2, 0) is 0 Å². The van der Waals surface area contributed by atoms with Crippen LogP contribution in [0, 0.1) is 5.92 Å². The van der Waals surface area contributed by atoms with E-state index in [0.29, 0.717) is 5.92 Å². The molecule has 0 fully saturated rings. The van der Waals surface area contributed by atoms with Crippen molar-refractivity contribution < 1.29 is 0 Å². The van der Waals surface area contributed by atoms with Crippen LogP contribution in [0.4, 0.5) is 0 Å². The fourth-order valence-corrected chi connectivity index (χ4v) is 1.00. The summed E-state index contributed by atoms with van der Waals surface area (Å²) in [6.07, 6.45) is 1.14. The van der Waals surface area contributed by atoms with E-state index < -0.39 is 0 Å².